The summed E-state index contributed by atoms with van der Waals surface area (Å²) >= 11 is 6.25. The molecule has 1 heterocycles. The number of amides is 1. The maximum atomic E-state index is 13.4. The molecule has 0 aliphatic heterocycles. The Morgan fingerprint density at radius 1 is 1.06 bits per heavy atom. The van der Waals surface area contributed by atoms with Gasteiger partial charge in [0.25, 0.3) is 5.91 Å². The average Bonchev–Trinajstić information content (AvgIpc) is 2.73. The van der Waals surface area contributed by atoms with Gasteiger partial charge < -0.3 is 10.1 Å². The normalized spacial score (nSPS) is 11.9. The molecule has 1 atom stereocenters. The van der Waals surface area contributed by atoms with E-state index in [1.165, 1.54) is 12.1 Å². The number of benzene rings is 3. The number of fused-ring (bicyclic) bond motifs is 1. The van der Waals surface area contributed by atoms with Gasteiger partial charge in [-0.2, -0.15) is 0 Å². The zero-order valence-corrected chi connectivity index (χ0v) is 17.8. The molecule has 4 rings (SSSR count). The Bertz CT molecular complexity index is 1280. The molecule has 1 unspecified atom stereocenters. The van der Waals surface area contributed by atoms with Gasteiger partial charge in [0.2, 0.25) is 0 Å². The summed E-state index contributed by atoms with van der Waals surface area (Å²) in [6.07, 6.45) is 0.960. The molecule has 3 aromatic carbocycles. The second-order valence-electron chi connectivity index (χ2n) is 7.28. The second-order valence-corrected chi connectivity index (χ2v) is 7.69. The van der Waals surface area contributed by atoms with Crippen LogP contribution in [0, 0.1) is 12.7 Å². The highest BCUT2D eigenvalue weighted by atomic mass is 35.5. The van der Waals surface area contributed by atoms with Crippen LogP contribution < -0.4 is 10.1 Å². The Labute approximate surface area is 184 Å². The quantitative estimate of drug-likeness (QED) is 0.395. The van der Waals surface area contributed by atoms with Crippen LogP contribution in [0.5, 0.6) is 5.75 Å². The van der Waals surface area contributed by atoms with Crippen molar-refractivity contribution in [3.8, 4) is 16.9 Å². The average molecular weight is 435 g/mol. The zero-order valence-electron chi connectivity index (χ0n) is 17.0. The van der Waals surface area contributed by atoms with Gasteiger partial charge in [0.15, 0.2) is 6.10 Å². The number of aromatic nitrogens is 1. The van der Waals surface area contributed by atoms with Crippen LogP contribution in [0.15, 0.2) is 72.9 Å². The number of hydrogen-bond acceptors (Lipinski definition) is 3. The third-order valence-electron chi connectivity index (χ3n) is 4.90. The van der Waals surface area contributed by atoms with Crippen molar-refractivity contribution in [3.63, 3.8) is 0 Å². The van der Waals surface area contributed by atoms with E-state index < -0.39 is 6.10 Å². The van der Waals surface area contributed by atoms with E-state index in [-0.39, 0.29) is 11.7 Å². The van der Waals surface area contributed by atoms with Crippen molar-refractivity contribution >= 4 is 34.1 Å². The van der Waals surface area contributed by atoms with Crippen molar-refractivity contribution in [3.05, 3.63) is 89.3 Å². The third kappa shape index (κ3) is 4.67. The van der Waals surface area contributed by atoms with Gasteiger partial charge in [0.1, 0.15) is 11.6 Å². The predicted octanol–water partition coefficient (Wildman–Crippen LogP) is 6.41. The van der Waals surface area contributed by atoms with E-state index in [0.29, 0.717) is 16.3 Å². The van der Waals surface area contributed by atoms with Crippen LogP contribution >= 0.6 is 11.6 Å². The largest absolute Gasteiger partial charge is 0.481 e. The third-order valence-corrected chi connectivity index (χ3v) is 5.22. The maximum absolute atomic E-state index is 13.4. The van der Waals surface area contributed by atoms with Crippen LogP contribution in [0.3, 0.4) is 0 Å². The van der Waals surface area contributed by atoms with E-state index in [0.717, 1.165) is 27.8 Å². The molecule has 0 saturated carbocycles. The van der Waals surface area contributed by atoms with Crippen LogP contribution in [-0.2, 0) is 4.79 Å². The van der Waals surface area contributed by atoms with Gasteiger partial charge >= 0.3 is 0 Å². The highest BCUT2D eigenvalue weighted by Crippen LogP contribution is 2.34. The van der Waals surface area contributed by atoms with E-state index >= 15 is 0 Å². The van der Waals surface area contributed by atoms with Gasteiger partial charge in [-0.15, -0.1) is 0 Å². The van der Waals surface area contributed by atoms with E-state index in [1.807, 2.05) is 43.3 Å². The first-order valence-electron chi connectivity index (χ1n) is 9.79. The Kier molecular flexibility index (Phi) is 5.87. The summed E-state index contributed by atoms with van der Waals surface area (Å²) < 4.78 is 19.3. The summed E-state index contributed by atoms with van der Waals surface area (Å²) in [6, 6.07) is 19.1. The molecule has 31 heavy (non-hydrogen) atoms. The molecule has 0 aliphatic rings. The molecule has 0 saturated heterocycles. The first kappa shape index (κ1) is 20.8. The number of hydrogen-bond donors (Lipinski definition) is 1. The van der Waals surface area contributed by atoms with Gasteiger partial charge in [-0.25, -0.2) is 4.39 Å². The molecule has 1 N–H and O–H groups in total. The van der Waals surface area contributed by atoms with E-state index in [9.17, 15) is 9.18 Å². The lowest BCUT2D eigenvalue weighted by Crippen LogP contribution is -2.30. The van der Waals surface area contributed by atoms with Gasteiger partial charge in [-0.3, -0.25) is 9.78 Å². The number of pyridine rings is 1. The predicted molar refractivity (Wildman–Crippen MR) is 122 cm³/mol. The molecular weight excluding hydrogens is 415 g/mol. The first-order chi connectivity index (χ1) is 14.9. The second kappa shape index (κ2) is 8.74. The van der Waals surface area contributed by atoms with Gasteiger partial charge in [-0.05, 0) is 73.5 Å². The molecule has 0 radical (unpaired) electrons. The number of carbonyl (C=O) groups is 1. The smallest absolute Gasteiger partial charge is 0.265 e. The fourth-order valence-electron chi connectivity index (χ4n) is 3.37. The molecule has 0 bridgehead atoms. The lowest BCUT2D eigenvalue weighted by molar-refractivity contribution is -0.122. The number of nitrogens with one attached hydrogen (secondary N) is 1. The fourth-order valence-corrected chi connectivity index (χ4v) is 3.64. The molecule has 0 fully saturated rings. The molecular formula is C25H20ClFN2O2. The maximum Gasteiger partial charge on any atom is 0.265 e. The van der Waals surface area contributed by atoms with Crippen molar-refractivity contribution in [2.45, 2.75) is 20.0 Å². The standard InChI is InChI=1S/C25H20ClFN2O2/c1-15-4-3-5-18(12-15)29-25(30)16(2)31-19-7-9-22-20(10-11-28-24(22)14-19)21-8-6-17(27)13-23(21)26/h3-14,16H,1-2H3,(H,29,30). The van der Waals surface area contributed by atoms with Crippen LogP contribution in [0.4, 0.5) is 10.1 Å². The van der Waals surface area contributed by atoms with Crippen molar-refractivity contribution in [2.75, 3.05) is 5.32 Å². The minimum atomic E-state index is -0.701. The molecule has 1 amide bonds. The zero-order chi connectivity index (χ0) is 22.0. The van der Waals surface area contributed by atoms with E-state index in [4.69, 9.17) is 16.3 Å². The van der Waals surface area contributed by atoms with Crippen LogP contribution in [0.1, 0.15) is 12.5 Å². The van der Waals surface area contributed by atoms with Gasteiger partial charge in [0.05, 0.1) is 10.5 Å². The number of nitrogens with zero attached hydrogens (tertiary/aromatic N) is 1. The summed E-state index contributed by atoms with van der Waals surface area (Å²) in [5.74, 6) is -0.111. The Morgan fingerprint density at radius 2 is 1.90 bits per heavy atom. The van der Waals surface area contributed by atoms with Crippen molar-refractivity contribution in [2.24, 2.45) is 0 Å². The Morgan fingerprint density at radius 3 is 2.68 bits per heavy atom. The lowest BCUT2D eigenvalue weighted by Gasteiger charge is -2.16. The minimum Gasteiger partial charge on any atom is -0.481 e. The van der Waals surface area contributed by atoms with Gasteiger partial charge in [-0.1, -0.05) is 23.7 Å². The van der Waals surface area contributed by atoms with Crippen molar-refractivity contribution < 1.29 is 13.9 Å². The Balaban J connectivity index is 1.56. The highest BCUT2D eigenvalue weighted by molar-refractivity contribution is 6.33. The highest BCUT2D eigenvalue weighted by Gasteiger charge is 2.16. The van der Waals surface area contributed by atoms with Crippen LogP contribution in [-0.4, -0.2) is 17.0 Å². The molecule has 1 aromatic heterocycles. The van der Waals surface area contributed by atoms with E-state index in [1.54, 1.807) is 31.3 Å². The molecule has 6 heteroatoms. The number of aryl methyl sites for hydroxylation is 1. The summed E-state index contributed by atoms with van der Waals surface area (Å²) in [4.78, 5) is 16.9. The molecule has 4 nitrogen and oxygen atoms in total. The summed E-state index contributed by atoms with van der Waals surface area (Å²) in [5, 5.41) is 4.03. The topological polar surface area (TPSA) is 51.2 Å². The summed E-state index contributed by atoms with van der Waals surface area (Å²) in [5.41, 5.74) is 4.02. The Hall–Kier alpha value is -3.44. The van der Waals surface area contributed by atoms with Crippen molar-refractivity contribution in [1.82, 2.24) is 4.98 Å². The number of ether oxygens (including phenoxy) is 1. The number of anilines is 1. The molecule has 156 valence electrons. The minimum absolute atomic E-state index is 0.245. The molecule has 0 spiro atoms. The lowest BCUT2D eigenvalue weighted by atomic mass is 10.0. The van der Waals surface area contributed by atoms with Crippen LogP contribution in [0.25, 0.3) is 22.0 Å². The van der Waals surface area contributed by atoms with E-state index in [2.05, 4.69) is 10.3 Å². The van der Waals surface area contributed by atoms with Crippen molar-refractivity contribution in [1.29, 1.82) is 0 Å². The van der Waals surface area contributed by atoms with Crippen LogP contribution in [0.2, 0.25) is 5.02 Å². The number of carbonyl (C=O) groups excluding carboxylic acids is 1. The molecule has 4 aromatic rings. The summed E-state index contributed by atoms with van der Waals surface area (Å²) in [7, 11) is 0. The summed E-state index contributed by atoms with van der Waals surface area (Å²) in [6.45, 7) is 3.66. The number of rotatable bonds is 5. The number of halogens is 2. The fraction of sp³-hybridized carbons (Fsp3) is 0.120. The molecule has 0 aliphatic carbocycles. The monoisotopic (exact) mass is 434 g/mol. The SMILES string of the molecule is Cc1cccc(NC(=O)C(C)Oc2ccc3c(-c4ccc(F)cc4Cl)ccnc3c2)c1. The van der Waals surface area contributed by atoms with Gasteiger partial charge in [0, 0.05) is 28.9 Å². The first-order valence-corrected chi connectivity index (χ1v) is 10.2.